The summed E-state index contributed by atoms with van der Waals surface area (Å²) in [6.07, 6.45) is 6.71. The third-order valence-electron chi connectivity index (χ3n) is 3.97. The van der Waals surface area contributed by atoms with E-state index in [0.717, 1.165) is 30.5 Å². The Balaban J connectivity index is 2.70. The zero-order chi connectivity index (χ0) is 15.7. The van der Waals surface area contributed by atoms with Gasteiger partial charge in [0, 0.05) is 5.69 Å². The molecule has 0 aliphatic carbocycles. The van der Waals surface area contributed by atoms with Crippen LogP contribution in [0.3, 0.4) is 0 Å². The lowest BCUT2D eigenvalue weighted by Crippen LogP contribution is -2.44. The summed E-state index contributed by atoms with van der Waals surface area (Å²) in [5.41, 5.74) is 1.48. The lowest BCUT2D eigenvalue weighted by Gasteiger charge is -2.30. The summed E-state index contributed by atoms with van der Waals surface area (Å²) in [4.78, 5) is 12.2. The van der Waals surface area contributed by atoms with Crippen molar-refractivity contribution in [2.45, 2.75) is 64.8 Å². The van der Waals surface area contributed by atoms with Gasteiger partial charge in [0.15, 0.2) is 0 Å². The highest BCUT2D eigenvalue weighted by atomic mass is 16.5. The van der Waals surface area contributed by atoms with E-state index in [-0.39, 0.29) is 5.97 Å². The smallest absolute Gasteiger partial charge is 0.331 e. The van der Waals surface area contributed by atoms with E-state index in [0.29, 0.717) is 0 Å². The first-order valence-corrected chi connectivity index (χ1v) is 7.95. The predicted molar refractivity (Wildman–Crippen MR) is 88.6 cm³/mol. The number of rotatable bonds is 9. The molecule has 1 atom stereocenters. The first-order chi connectivity index (χ1) is 10.0. The Bertz CT molecular complexity index is 445. The van der Waals surface area contributed by atoms with Gasteiger partial charge in [-0.2, -0.15) is 0 Å². The molecule has 3 heteroatoms. The average Bonchev–Trinajstić information content (AvgIpc) is 2.48. The van der Waals surface area contributed by atoms with Crippen LogP contribution in [-0.2, 0) is 9.53 Å². The van der Waals surface area contributed by atoms with Gasteiger partial charge < -0.3 is 10.1 Å². The van der Waals surface area contributed by atoms with Crippen LogP contribution < -0.4 is 5.32 Å². The zero-order valence-corrected chi connectivity index (χ0v) is 13.9. The fourth-order valence-electron chi connectivity index (χ4n) is 2.53. The lowest BCUT2D eigenvalue weighted by atomic mass is 9.93. The molecule has 1 rings (SSSR count). The maximum absolute atomic E-state index is 12.2. The third-order valence-corrected chi connectivity index (χ3v) is 3.97. The normalized spacial score (nSPS) is 13.5. The van der Waals surface area contributed by atoms with Crippen molar-refractivity contribution in [1.29, 1.82) is 0 Å². The number of benzene rings is 1. The zero-order valence-electron chi connectivity index (χ0n) is 13.9. The largest absolute Gasteiger partial charge is 0.467 e. The standard InChI is InChI=1S/C18H29NO2/c1-5-6-7-8-11-14-18(3,17(20)21-4)19-16-13-10-9-12-15(16)2/h9-10,12-13,19H,5-8,11,14H2,1-4H3. The van der Waals surface area contributed by atoms with Crippen LogP contribution in [0.2, 0.25) is 0 Å². The van der Waals surface area contributed by atoms with Gasteiger partial charge >= 0.3 is 5.97 Å². The van der Waals surface area contributed by atoms with E-state index in [4.69, 9.17) is 4.74 Å². The second-order valence-corrected chi connectivity index (χ2v) is 5.93. The molecule has 1 aromatic carbocycles. The first-order valence-electron chi connectivity index (χ1n) is 7.95. The highest BCUT2D eigenvalue weighted by Gasteiger charge is 2.33. The Hall–Kier alpha value is -1.51. The predicted octanol–water partition coefficient (Wildman–Crippen LogP) is 4.70. The van der Waals surface area contributed by atoms with E-state index < -0.39 is 5.54 Å². The monoisotopic (exact) mass is 291 g/mol. The van der Waals surface area contributed by atoms with E-state index in [1.165, 1.54) is 26.4 Å². The number of esters is 1. The van der Waals surface area contributed by atoms with Gasteiger partial charge in [0.1, 0.15) is 5.54 Å². The summed E-state index contributed by atoms with van der Waals surface area (Å²) in [6.45, 7) is 6.19. The van der Waals surface area contributed by atoms with Crippen LogP contribution in [0.15, 0.2) is 24.3 Å². The molecule has 0 amide bonds. The number of anilines is 1. The third kappa shape index (κ3) is 5.41. The van der Waals surface area contributed by atoms with Crippen molar-refractivity contribution >= 4 is 11.7 Å². The fraction of sp³-hybridized carbons (Fsp3) is 0.611. The summed E-state index contributed by atoms with van der Waals surface area (Å²) in [5.74, 6) is -0.193. The number of hydrogen-bond donors (Lipinski definition) is 1. The maximum Gasteiger partial charge on any atom is 0.331 e. The summed E-state index contributed by atoms with van der Waals surface area (Å²) < 4.78 is 5.00. The molecule has 118 valence electrons. The molecule has 1 unspecified atom stereocenters. The van der Waals surface area contributed by atoms with Crippen LogP contribution in [0, 0.1) is 6.92 Å². The summed E-state index contributed by atoms with van der Waals surface area (Å²) in [6, 6.07) is 8.03. The van der Waals surface area contributed by atoms with Crippen LogP contribution in [-0.4, -0.2) is 18.6 Å². The molecule has 0 spiro atoms. The number of aryl methyl sites for hydroxylation is 1. The molecule has 21 heavy (non-hydrogen) atoms. The molecule has 0 saturated carbocycles. The summed E-state index contributed by atoms with van der Waals surface area (Å²) in [7, 11) is 1.46. The molecule has 0 radical (unpaired) electrons. The van der Waals surface area contributed by atoms with Gasteiger partial charge in [-0.15, -0.1) is 0 Å². The van der Waals surface area contributed by atoms with E-state index >= 15 is 0 Å². The number of nitrogens with one attached hydrogen (secondary N) is 1. The molecule has 1 N–H and O–H groups in total. The highest BCUT2D eigenvalue weighted by molar-refractivity contribution is 5.84. The summed E-state index contributed by atoms with van der Waals surface area (Å²) in [5, 5.41) is 3.39. The number of methoxy groups -OCH3 is 1. The lowest BCUT2D eigenvalue weighted by molar-refractivity contribution is -0.145. The molecule has 0 aliphatic heterocycles. The van der Waals surface area contributed by atoms with Crippen molar-refractivity contribution in [1.82, 2.24) is 0 Å². The number of carbonyl (C=O) groups is 1. The van der Waals surface area contributed by atoms with E-state index in [9.17, 15) is 4.79 Å². The number of unbranched alkanes of at least 4 members (excludes halogenated alkanes) is 4. The van der Waals surface area contributed by atoms with Crippen molar-refractivity contribution in [3.05, 3.63) is 29.8 Å². The molecule has 0 bridgehead atoms. The van der Waals surface area contributed by atoms with Gasteiger partial charge in [-0.25, -0.2) is 4.79 Å². The molecule has 0 aliphatic rings. The molecule has 0 aromatic heterocycles. The molecule has 0 fully saturated rings. The molecular formula is C18H29NO2. The minimum Gasteiger partial charge on any atom is -0.467 e. The first kappa shape index (κ1) is 17.5. The van der Waals surface area contributed by atoms with Crippen molar-refractivity contribution < 1.29 is 9.53 Å². The number of carbonyl (C=O) groups excluding carboxylic acids is 1. The van der Waals surface area contributed by atoms with Crippen molar-refractivity contribution in [2.75, 3.05) is 12.4 Å². The van der Waals surface area contributed by atoms with E-state index in [2.05, 4.69) is 12.2 Å². The van der Waals surface area contributed by atoms with E-state index in [1.807, 2.05) is 38.1 Å². The molecule has 1 aromatic rings. The Labute approximate surface area is 129 Å². The van der Waals surface area contributed by atoms with Gasteiger partial charge in [-0.3, -0.25) is 0 Å². The minimum absolute atomic E-state index is 0.193. The van der Waals surface area contributed by atoms with Gasteiger partial charge in [0.25, 0.3) is 0 Å². The average molecular weight is 291 g/mol. The number of ether oxygens (including phenoxy) is 1. The second kappa shape index (κ2) is 8.71. The second-order valence-electron chi connectivity index (χ2n) is 5.93. The van der Waals surface area contributed by atoms with E-state index in [1.54, 1.807) is 0 Å². The molecule has 0 heterocycles. The number of para-hydroxylation sites is 1. The van der Waals surface area contributed by atoms with Crippen LogP contribution >= 0.6 is 0 Å². The summed E-state index contributed by atoms with van der Waals surface area (Å²) >= 11 is 0. The molecule has 0 saturated heterocycles. The van der Waals surface area contributed by atoms with Gasteiger partial charge in [-0.05, 0) is 31.9 Å². The molecular weight excluding hydrogens is 262 g/mol. The quantitative estimate of drug-likeness (QED) is 0.529. The van der Waals surface area contributed by atoms with Crippen LogP contribution in [0.4, 0.5) is 5.69 Å². The molecule has 3 nitrogen and oxygen atoms in total. The highest BCUT2D eigenvalue weighted by Crippen LogP contribution is 2.25. The van der Waals surface area contributed by atoms with Gasteiger partial charge in [0.2, 0.25) is 0 Å². The fourth-order valence-corrected chi connectivity index (χ4v) is 2.53. The van der Waals surface area contributed by atoms with Gasteiger partial charge in [0.05, 0.1) is 7.11 Å². The maximum atomic E-state index is 12.2. The van der Waals surface area contributed by atoms with Crippen LogP contribution in [0.5, 0.6) is 0 Å². The number of hydrogen-bond acceptors (Lipinski definition) is 3. The Kier molecular flexibility index (Phi) is 7.27. The SMILES string of the molecule is CCCCCCCC(C)(Nc1ccccc1C)C(=O)OC. The van der Waals surface area contributed by atoms with Crippen molar-refractivity contribution in [3.63, 3.8) is 0 Å². The van der Waals surface area contributed by atoms with Crippen LogP contribution in [0.25, 0.3) is 0 Å². The Morgan fingerprint density at radius 3 is 2.48 bits per heavy atom. The minimum atomic E-state index is -0.660. The van der Waals surface area contributed by atoms with Crippen molar-refractivity contribution in [2.24, 2.45) is 0 Å². The van der Waals surface area contributed by atoms with Crippen molar-refractivity contribution in [3.8, 4) is 0 Å². The Morgan fingerprint density at radius 2 is 1.86 bits per heavy atom. The van der Waals surface area contributed by atoms with Crippen LogP contribution in [0.1, 0.15) is 57.9 Å². The van der Waals surface area contributed by atoms with Gasteiger partial charge in [-0.1, -0.05) is 57.2 Å². The topological polar surface area (TPSA) is 38.3 Å². The Morgan fingerprint density at radius 1 is 1.19 bits per heavy atom.